The molecule has 2 rings (SSSR count). The maximum Gasteiger partial charge on any atom is 0.435 e. The topological polar surface area (TPSA) is 20.2 Å². The number of aliphatic hydroxyl groups is 1. The van der Waals surface area contributed by atoms with E-state index >= 15 is 0 Å². The first-order chi connectivity index (χ1) is 7.57. The van der Waals surface area contributed by atoms with Gasteiger partial charge in [0.1, 0.15) is 0 Å². The van der Waals surface area contributed by atoms with E-state index in [1.54, 1.807) is 0 Å². The van der Waals surface area contributed by atoms with Crippen LogP contribution in [0.15, 0.2) is 11.1 Å². The zero-order valence-electron chi connectivity index (χ0n) is 8.62. The first-order valence-electron chi connectivity index (χ1n) is 5.14. The monoisotopic (exact) mass is 260 g/mol. The van der Waals surface area contributed by atoms with Crippen molar-refractivity contribution in [1.82, 2.24) is 0 Å². The molecule has 2 aliphatic rings. The van der Waals surface area contributed by atoms with Gasteiger partial charge < -0.3 is 5.11 Å². The van der Waals surface area contributed by atoms with Crippen LogP contribution < -0.4 is 0 Å². The van der Waals surface area contributed by atoms with Crippen LogP contribution in [0.3, 0.4) is 0 Å². The second-order valence-corrected chi connectivity index (χ2v) is 4.59. The zero-order chi connectivity index (χ0) is 13.1. The van der Waals surface area contributed by atoms with Gasteiger partial charge in [0.2, 0.25) is 0 Å². The van der Waals surface area contributed by atoms with Crippen LogP contribution in [-0.4, -0.2) is 23.1 Å². The Morgan fingerprint density at radius 3 is 1.88 bits per heavy atom. The van der Waals surface area contributed by atoms with E-state index in [0.29, 0.717) is 6.42 Å². The summed E-state index contributed by atoms with van der Waals surface area (Å²) in [4.78, 5) is 0. The lowest BCUT2D eigenvalue weighted by molar-refractivity contribution is -0.355. The number of hydrogen-bond acceptors (Lipinski definition) is 1. The molecule has 2 atom stereocenters. The molecule has 2 bridgehead atoms. The summed E-state index contributed by atoms with van der Waals surface area (Å²) in [6.45, 7) is 0. The van der Waals surface area contributed by atoms with E-state index in [4.69, 9.17) is 5.11 Å². The number of allylic oxidation sites excluding steroid dienone is 1. The molecule has 0 aromatic carbocycles. The van der Waals surface area contributed by atoms with Crippen molar-refractivity contribution < 1.29 is 31.4 Å². The van der Waals surface area contributed by atoms with Gasteiger partial charge in [0, 0.05) is 0 Å². The second kappa shape index (κ2) is 3.40. The summed E-state index contributed by atoms with van der Waals surface area (Å²) in [5.74, 6) is -0.195. The van der Waals surface area contributed by atoms with E-state index in [-0.39, 0.29) is 30.8 Å². The van der Waals surface area contributed by atoms with Crippen LogP contribution in [0.25, 0.3) is 0 Å². The average molecular weight is 260 g/mol. The Labute approximate surface area is 93.1 Å². The summed E-state index contributed by atoms with van der Waals surface area (Å²) in [5.41, 5.74) is -5.82. The molecule has 1 fully saturated rings. The van der Waals surface area contributed by atoms with Crippen LogP contribution in [0.4, 0.5) is 26.3 Å². The van der Waals surface area contributed by atoms with Gasteiger partial charge in [0.15, 0.2) is 0 Å². The lowest BCUT2D eigenvalue weighted by atomic mass is 9.85. The molecule has 1 N–H and O–H groups in total. The van der Waals surface area contributed by atoms with Crippen LogP contribution in [-0.2, 0) is 0 Å². The predicted molar refractivity (Wildman–Crippen MR) is 46.0 cm³/mol. The highest BCUT2D eigenvalue weighted by atomic mass is 19.4. The Kier molecular flexibility index (Phi) is 2.54. The van der Waals surface area contributed by atoms with Crippen molar-refractivity contribution in [2.75, 3.05) is 0 Å². The van der Waals surface area contributed by atoms with Gasteiger partial charge in [-0.15, -0.1) is 0 Å². The summed E-state index contributed by atoms with van der Waals surface area (Å²) < 4.78 is 76.7. The normalized spacial score (nSPS) is 28.8. The Balaban J connectivity index is 2.50. The number of fused-ring (bicyclic) bond motifs is 2. The standard InChI is InChI=1S/C10H10F6O/c11-8(9(12,13)14,10(15,16)17)7-4-5-1-2-6(7)3-5/h5,17H,1-4H2. The van der Waals surface area contributed by atoms with E-state index in [0.717, 1.165) is 0 Å². The Bertz CT molecular complexity index is 350. The van der Waals surface area contributed by atoms with Crippen molar-refractivity contribution in [3.63, 3.8) is 0 Å². The second-order valence-electron chi connectivity index (χ2n) is 4.59. The highest BCUT2D eigenvalue weighted by molar-refractivity contribution is 5.36. The molecular formula is C10H10F6O. The molecule has 0 saturated heterocycles. The van der Waals surface area contributed by atoms with Crippen LogP contribution in [0, 0.1) is 5.92 Å². The number of alkyl halides is 6. The van der Waals surface area contributed by atoms with Crippen molar-refractivity contribution in [2.45, 2.75) is 43.6 Å². The van der Waals surface area contributed by atoms with E-state index in [1.807, 2.05) is 0 Å². The first kappa shape index (κ1) is 12.7. The van der Waals surface area contributed by atoms with Crippen LogP contribution >= 0.6 is 0 Å². The molecule has 7 heteroatoms. The lowest BCUT2D eigenvalue weighted by Crippen LogP contribution is -2.57. The van der Waals surface area contributed by atoms with Crippen molar-refractivity contribution in [1.29, 1.82) is 0 Å². The minimum absolute atomic E-state index is 0.0866. The largest absolute Gasteiger partial charge is 0.435 e. The number of halogens is 6. The van der Waals surface area contributed by atoms with E-state index < -0.39 is 23.5 Å². The maximum absolute atomic E-state index is 13.8. The van der Waals surface area contributed by atoms with Crippen molar-refractivity contribution in [2.24, 2.45) is 5.92 Å². The van der Waals surface area contributed by atoms with Crippen LogP contribution in [0.5, 0.6) is 0 Å². The van der Waals surface area contributed by atoms with Gasteiger partial charge in [-0.05, 0) is 37.2 Å². The van der Waals surface area contributed by atoms with Crippen molar-refractivity contribution in [3.8, 4) is 0 Å². The molecule has 17 heavy (non-hydrogen) atoms. The smallest absolute Gasteiger partial charge is 0.333 e. The number of hydrogen-bond donors (Lipinski definition) is 1. The molecule has 0 radical (unpaired) electrons. The highest BCUT2D eigenvalue weighted by Gasteiger charge is 2.74. The Morgan fingerprint density at radius 2 is 1.59 bits per heavy atom. The first-order valence-corrected chi connectivity index (χ1v) is 5.14. The van der Waals surface area contributed by atoms with Gasteiger partial charge in [-0.25, -0.2) is 4.39 Å². The van der Waals surface area contributed by atoms with Gasteiger partial charge in [0.25, 0.3) is 0 Å². The molecule has 0 aromatic rings. The average Bonchev–Trinajstić information content (AvgIpc) is 2.73. The summed E-state index contributed by atoms with van der Waals surface area (Å²) in [6.07, 6.45) is -10.6. The fourth-order valence-corrected chi connectivity index (χ4v) is 2.72. The highest BCUT2D eigenvalue weighted by Crippen LogP contribution is 2.57. The maximum atomic E-state index is 13.8. The molecule has 0 amide bonds. The Hall–Kier alpha value is -0.720. The van der Waals surface area contributed by atoms with E-state index in [2.05, 4.69) is 0 Å². The van der Waals surface area contributed by atoms with Gasteiger partial charge in [-0.2, -0.15) is 22.0 Å². The van der Waals surface area contributed by atoms with E-state index in [1.165, 1.54) is 0 Å². The molecule has 98 valence electrons. The molecule has 0 spiro atoms. The third-order valence-corrected chi connectivity index (χ3v) is 3.53. The van der Waals surface area contributed by atoms with Gasteiger partial charge in [-0.1, -0.05) is 5.57 Å². The fourth-order valence-electron chi connectivity index (χ4n) is 2.72. The summed E-state index contributed by atoms with van der Waals surface area (Å²) in [5, 5.41) is 8.30. The predicted octanol–water partition coefficient (Wildman–Crippen LogP) is 3.34. The minimum Gasteiger partial charge on any atom is -0.333 e. The third kappa shape index (κ3) is 1.66. The molecule has 0 aromatic heterocycles. The van der Waals surface area contributed by atoms with Gasteiger partial charge in [-0.3, -0.25) is 0 Å². The molecule has 1 nitrogen and oxygen atoms in total. The minimum atomic E-state index is -5.82. The van der Waals surface area contributed by atoms with Crippen LogP contribution in [0.1, 0.15) is 25.7 Å². The van der Waals surface area contributed by atoms with Crippen molar-refractivity contribution >= 4 is 0 Å². The number of rotatable bonds is 2. The molecule has 2 unspecified atom stereocenters. The zero-order valence-corrected chi connectivity index (χ0v) is 8.62. The molecule has 2 aliphatic carbocycles. The summed E-state index contributed by atoms with van der Waals surface area (Å²) in [7, 11) is 0. The molecule has 0 heterocycles. The third-order valence-electron chi connectivity index (χ3n) is 3.53. The Morgan fingerprint density at radius 1 is 1.00 bits per heavy atom. The summed E-state index contributed by atoms with van der Waals surface area (Å²) >= 11 is 0. The van der Waals surface area contributed by atoms with Gasteiger partial charge >= 0.3 is 18.0 Å². The van der Waals surface area contributed by atoms with Gasteiger partial charge in [0.05, 0.1) is 0 Å². The molecule has 1 saturated carbocycles. The SMILES string of the molecule is OC(F)(F)C(F)(C1=C2CCC(C2)C1)C(F)(F)F. The fraction of sp³-hybridized carbons (Fsp3) is 0.800. The lowest BCUT2D eigenvalue weighted by Gasteiger charge is -2.34. The van der Waals surface area contributed by atoms with Crippen molar-refractivity contribution in [3.05, 3.63) is 11.1 Å². The van der Waals surface area contributed by atoms with Crippen LogP contribution in [0.2, 0.25) is 0 Å². The molecular weight excluding hydrogens is 250 g/mol. The molecule has 0 aliphatic heterocycles. The van der Waals surface area contributed by atoms with E-state index in [9.17, 15) is 26.3 Å². The summed E-state index contributed by atoms with van der Waals surface area (Å²) in [6, 6.07) is 0. The quantitative estimate of drug-likeness (QED) is 0.596.